The Bertz CT molecular complexity index is 1100. The largest absolute Gasteiger partial charge is 0.478 e. The first-order chi connectivity index (χ1) is 17.1. The van der Waals surface area contributed by atoms with Gasteiger partial charge in [0.2, 0.25) is 5.91 Å². The summed E-state index contributed by atoms with van der Waals surface area (Å²) in [4.78, 5) is 28.0. The molecule has 0 atom stereocenters. The van der Waals surface area contributed by atoms with E-state index in [-0.39, 0.29) is 5.91 Å². The van der Waals surface area contributed by atoms with Crippen molar-refractivity contribution in [1.82, 2.24) is 15.1 Å². The van der Waals surface area contributed by atoms with Gasteiger partial charge in [0, 0.05) is 39.3 Å². The van der Waals surface area contributed by atoms with Crippen molar-refractivity contribution in [3.63, 3.8) is 0 Å². The SMILES string of the molecule is O=C(O)c1ccc(CN2CCCN(C(=O)CNCc3ccc(Oc4ccccc4)cc3)CC2)cc1. The number of aromatic carboxylic acids is 1. The first-order valence-corrected chi connectivity index (χ1v) is 11.9. The first-order valence-electron chi connectivity index (χ1n) is 11.9. The lowest BCUT2D eigenvalue weighted by Crippen LogP contribution is -2.40. The lowest BCUT2D eigenvalue weighted by molar-refractivity contribution is -0.130. The Labute approximate surface area is 205 Å². The van der Waals surface area contributed by atoms with Crippen LogP contribution in [0.1, 0.15) is 27.9 Å². The number of carbonyl (C=O) groups excluding carboxylic acids is 1. The monoisotopic (exact) mass is 473 g/mol. The molecule has 0 unspecified atom stereocenters. The first kappa shape index (κ1) is 24.4. The molecule has 2 N–H and O–H groups in total. The summed E-state index contributed by atoms with van der Waals surface area (Å²) in [5.74, 6) is 0.781. The molecule has 0 aromatic heterocycles. The molecule has 0 bridgehead atoms. The minimum Gasteiger partial charge on any atom is -0.478 e. The molecule has 1 amide bonds. The number of carboxylic acids is 1. The molecule has 0 aliphatic carbocycles. The molecule has 35 heavy (non-hydrogen) atoms. The molecule has 3 aromatic carbocycles. The van der Waals surface area contributed by atoms with Gasteiger partial charge in [0.05, 0.1) is 12.1 Å². The van der Waals surface area contributed by atoms with E-state index < -0.39 is 5.97 Å². The topological polar surface area (TPSA) is 82.1 Å². The number of rotatable bonds is 9. The van der Waals surface area contributed by atoms with Crippen LogP contribution >= 0.6 is 0 Å². The van der Waals surface area contributed by atoms with Gasteiger partial charge in [-0.3, -0.25) is 9.69 Å². The van der Waals surface area contributed by atoms with Gasteiger partial charge >= 0.3 is 5.97 Å². The van der Waals surface area contributed by atoms with Gasteiger partial charge in [0.1, 0.15) is 11.5 Å². The lowest BCUT2D eigenvalue weighted by Gasteiger charge is -2.22. The summed E-state index contributed by atoms with van der Waals surface area (Å²) in [7, 11) is 0. The highest BCUT2D eigenvalue weighted by Crippen LogP contribution is 2.21. The molecule has 1 aliphatic heterocycles. The summed E-state index contributed by atoms with van der Waals surface area (Å²) in [5, 5.41) is 12.3. The van der Waals surface area contributed by atoms with Crippen LogP contribution in [0.5, 0.6) is 11.5 Å². The molecule has 0 saturated carbocycles. The van der Waals surface area contributed by atoms with E-state index in [1.807, 2.05) is 71.6 Å². The van der Waals surface area contributed by atoms with Crippen LogP contribution in [0.3, 0.4) is 0 Å². The minimum absolute atomic E-state index is 0.113. The summed E-state index contributed by atoms with van der Waals surface area (Å²) in [6.07, 6.45) is 0.918. The summed E-state index contributed by atoms with van der Waals surface area (Å²) >= 11 is 0. The van der Waals surface area contributed by atoms with Crippen molar-refractivity contribution in [3.05, 3.63) is 95.6 Å². The van der Waals surface area contributed by atoms with Gasteiger partial charge in [-0.25, -0.2) is 4.79 Å². The maximum Gasteiger partial charge on any atom is 0.335 e. The Kier molecular flexibility index (Phi) is 8.48. The Morgan fingerprint density at radius 2 is 1.49 bits per heavy atom. The second kappa shape index (κ2) is 12.1. The van der Waals surface area contributed by atoms with Crippen LogP contribution in [0.2, 0.25) is 0 Å². The predicted octanol–water partition coefficient (Wildman–Crippen LogP) is 4.00. The number of hydrogen-bond acceptors (Lipinski definition) is 5. The predicted molar refractivity (Wildman–Crippen MR) is 135 cm³/mol. The van der Waals surface area contributed by atoms with Crippen LogP contribution in [0, 0.1) is 0 Å². The third-order valence-electron chi connectivity index (χ3n) is 6.06. The van der Waals surface area contributed by atoms with E-state index in [4.69, 9.17) is 9.84 Å². The molecule has 1 aliphatic rings. The number of hydrogen-bond donors (Lipinski definition) is 2. The van der Waals surface area contributed by atoms with Crippen molar-refractivity contribution < 1.29 is 19.4 Å². The maximum atomic E-state index is 12.7. The molecular formula is C28H31N3O4. The smallest absolute Gasteiger partial charge is 0.335 e. The Hall–Kier alpha value is -3.68. The van der Waals surface area contributed by atoms with E-state index in [9.17, 15) is 9.59 Å². The molecule has 0 radical (unpaired) electrons. The van der Waals surface area contributed by atoms with Gasteiger partial charge in [0.25, 0.3) is 0 Å². The van der Waals surface area contributed by atoms with Gasteiger partial charge in [0.15, 0.2) is 0 Å². The zero-order valence-electron chi connectivity index (χ0n) is 19.7. The third-order valence-corrected chi connectivity index (χ3v) is 6.06. The van der Waals surface area contributed by atoms with E-state index in [2.05, 4.69) is 10.2 Å². The lowest BCUT2D eigenvalue weighted by atomic mass is 10.1. The van der Waals surface area contributed by atoms with E-state index in [1.54, 1.807) is 12.1 Å². The molecule has 7 heteroatoms. The highest BCUT2D eigenvalue weighted by atomic mass is 16.5. The number of ether oxygens (including phenoxy) is 1. The van der Waals surface area contributed by atoms with Crippen LogP contribution in [-0.4, -0.2) is 59.5 Å². The number of carboxylic acid groups (broad SMARTS) is 1. The van der Waals surface area contributed by atoms with Gasteiger partial charge in [-0.2, -0.15) is 0 Å². The van der Waals surface area contributed by atoms with Crippen molar-refractivity contribution in [2.24, 2.45) is 0 Å². The number of para-hydroxylation sites is 1. The normalized spacial score (nSPS) is 14.3. The van der Waals surface area contributed by atoms with E-state index >= 15 is 0 Å². The summed E-state index contributed by atoms with van der Waals surface area (Å²) in [6, 6.07) is 24.5. The van der Waals surface area contributed by atoms with E-state index in [0.717, 1.165) is 55.2 Å². The van der Waals surface area contributed by atoms with Crippen LogP contribution in [0.25, 0.3) is 0 Å². The highest BCUT2D eigenvalue weighted by molar-refractivity contribution is 5.87. The molecule has 1 heterocycles. The average Bonchev–Trinajstić information content (AvgIpc) is 3.12. The highest BCUT2D eigenvalue weighted by Gasteiger charge is 2.19. The fourth-order valence-corrected chi connectivity index (χ4v) is 4.11. The van der Waals surface area contributed by atoms with E-state index in [1.165, 1.54) is 0 Å². The minimum atomic E-state index is -0.914. The van der Waals surface area contributed by atoms with E-state index in [0.29, 0.717) is 25.2 Å². The van der Waals surface area contributed by atoms with Crippen LogP contribution < -0.4 is 10.1 Å². The van der Waals surface area contributed by atoms with Crippen molar-refractivity contribution in [1.29, 1.82) is 0 Å². The maximum absolute atomic E-state index is 12.7. The summed E-state index contributed by atoms with van der Waals surface area (Å²) in [6.45, 7) is 4.83. The molecule has 1 saturated heterocycles. The van der Waals surface area contributed by atoms with Gasteiger partial charge in [-0.05, 0) is 53.9 Å². The number of amides is 1. The standard InChI is InChI=1S/C28H31N3O4/c32-27(20-29-19-22-9-13-26(14-10-22)35-25-5-2-1-3-6-25)31-16-4-15-30(17-18-31)21-23-7-11-24(12-8-23)28(33)34/h1-3,5-14,29H,4,15-21H2,(H,33,34). The average molecular weight is 474 g/mol. The molecule has 3 aromatic rings. The fourth-order valence-electron chi connectivity index (χ4n) is 4.11. The second-order valence-electron chi connectivity index (χ2n) is 8.68. The van der Waals surface area contributed by atoms with Gasteiger partial charge in [-0.15, -0.1) is 0 Å². The van der Waals surface area contributed by atoms with Crippen molar-refractivity contribution in [3.8, 4) is 11.5 Å². The quantitative estimate of drug-likeness (QED) is 0.489. The summed E-state index contributed by atoms with van der Waals surface area (Å²) < 4.78 is 5.82. The zero-order chi connectivity index (χ0) is 24.5. The number of nitrogens with zero attached hydrogens (tertiary/aromatic N) is 2. The molecule has 7 nitrogen and oxygen atoms in total. The third kappa shape index (κ3) is 7.40. The van der Waals surface area contributed by atoms with Crippen molar-refractivity contribution in [2.75, 3.05) is 32.7 Å². The second-order valence-corrected chi connectivity index (χ2v) is 8.68. The number of carbonyl (C=O) groups is 2. The zero-order valence-corrected chi connectivity index (χ0v) is 19.7. The van der Waals surface area contributed by atoms with Crippen LogP contribution in [-0.2, 0) is 17.9 Å². The fraction of sp³-hybridized carbons (Fsp3) is 0.286. The number of nitrogens with one attached hydrogen (secondary N) is 1. The van der Waals surface area contributed by atoms with Crippen molar-refractivity contribution >= 4 is 11.9 Å². The summed E-state index contributed by atoms with van der Waals surface area (Å²) in [5.41, 5.74) is 2.47. The molecule has 4 rings (SSSR count). The number of benzene rings is 3. The molecule has 1 fully saturated rings. The van der Waals surface area contributed by atoms with Crippen LogP contribution in [0.4, 0.5) is 0 Å². The van der Waals surface area contributed by atoms with Crippen molar-refractivity contribution in [2.45, 2.75) is 19.5 Å². The Balaban J connectivity index is 1.18. The molecular weight excluding hydrogens is 442 g/mol. The van der Waals surface area contributed by atoms with Crippen LogP contribution in [0.15, 0.2) is 78.9 Å². The molecule has 182 valence electrons. The Morgan fingerprint density at radius 1 is 0.800 bits per heavy atom. The molecule has 0 spiro atoms. The van der Waals surface area contributed by atoms with Gasteiger partial charge in [-0.1, -0.05) is 42.5 Å². The van der Waals surface area contributed by atoms with Gasteiger partial charge < -0.3 is 20.1 Å². The Morgan fingerprint density at radius 3 is 2.20 bits per heavy atom.